The average Bonchev–Trinajstić information content (AvgIpc) is 3.47. The van der Waals surface area contributed by atoms with Gasteiger partial charge in [-0.1, -0.05) is 30.3 Å². The Morgan fingerprint density at radius 2 is 1.50 bits per heavy atom. The first-order valence-corrected chi connectivity index (χ1v) is 10.4. The van der Waals surface area contributed by atoms with Gasteiger partial charge in [-0.3, -0.25) is 14.4 Å². The molecular formula is C25H27F2NO4. The first-order chi connectivity index (χ1) is 14.8. The summed E-state index contributed by atoms with van der Waals surface area (Å²) in [5.74, 6) is -3.79. The minimum absolute atomic E-state index is 0.0470. The fourth-order valence-electron chi connectivity index (χ4n) is 3.56. The second kappa shape index (κ2) is 8.45. The molecule has 0 aromatic heterocycles. The summed E-state index contributed by atoms with van der Waals surface area (Å²) in [6, 6.07) is 9.92. The molecule has 1 aliphatic rings. The summed E-state index contributed by atoms with van der Waals surface area (Å²) in [6.45, 7) is 8.41. The molecule has 0 bridgehead atoms. The van der Waals surface area contributed by atoms with Crippen LogP contribution in [0.4, 0.5) is 8.78 Å². The standard InChI is InChI=1S/C25H27F2NO4/c1-24(2,3)32-23(31)17-13-16(17)14-9-11-15(12-10-14)21(29)25(4,5)28-22(30)20-18(26)7-6-8-19(20)27/h6-12,16-17H,13H2,1-5H3,(H,28,30)/t16-,17+/m0/s1. The predicted molar refractivity (Wildman–Crippen MR) is 115 cm³/mol. The highest BCUT2D eigenvalue weighted by molar-refractivity contribution is 6.06. The van der Waals surface area contributed by atoms with Gasteiger partial charge in [-0.05, 0) is 64.7 Å². The minimum atomic E-state index is -1.40. The van der Waals surface area contributed by atoms with Crippen LogP contribution in [0.1, 0.15) is 73.2 Å². The average molecular weight is 443 g/mol. The lowest BCUT2D eigenvalue weighted by Crippen LogP contribution is -2.50. The highest BCUT2D eigenvalue weighted by Gasteiger charge is 2.46. The molecule has 1 saturated carbocycles. The van der Waals surface area contributed by atoms with Crippen LogP contribution in [-0.4, -0.2) is 28.8 Å². The van der Waals surface area contributed by atoms with Crippen LogP contribution in [0.5, 0.6) is 0 Å². The molecule has 0 unspecified atom stereocenters. The second-order valence-electron chi connectivity index (χ2n) is 9.61. The Bertz CT molecular complexity index is 1030. The van der Waals surface area contributed by atoms with Crippen LogP contribution >= 0.6 is 0 Å². The molecule has 0 radical (unpaired) electrons. The number of hydrogen-bond acceptors (Lipinski definition) is 4. The quantitative estimate of drug-likeness (QED) is 0.514. The van der Waals surface area contributed by atoms with Crippen LogP contribution in [0, 0.1) is 17.6 Å². The number of ketones is 1. The van der Waals surface area contributed by atoms with Gasteiger partial charge in [0.25, 0.3) is 5.91 Å². The Morgan fingerprint density at radius 3 is 2.03 bits per heavy atom. The first kappa shape index (κ1) is 23.6. The molecule has 7 heteroatoms. The molecule has 32 heavy (non-hydrogen) atoms. The Morgan fingerprint density at radius 1 is 0.938 bits per heavy atom. The molecule has 0 heterocycles. The number of halogens is 2. The summed E-state index contributed by atoms with van der Waals surface area (Å²) in [6.07, 6.45) is 0.692. The highest BCUT2D eigenvalue weighted by atomic mass is 19.1. The minimum Gasteiger partial charge on any atom is -0.460 e. The largest absolute Gasteiger partial charge is 0.460 e. The maximum atomic E-state index is 13.9. The number of carbonyl (C=O) groups is 3. The van der Waals surface area contributed by atoms with Crippen molar-refractivity contribution in [1.82, 2.24) is 5.32 Å². The molecular weight excluding hydrogens is 416 g/mol. The Labute approximate surface area is 186 Å². The number of amides is 1. The monoisotopic (exact) mass is 443 g/mol. The van der Waals surface area contributed by atoms with Gasteiger partial charge in [-0.15, -0.1) is 0 Å². The van der Waals surface area contributed by atoms with Gasteiger partial charge in [0, 0.05) is 5.56 Å². The van der Waals surface area contributed by atoms with Crippen molar-refractivity contribution in [3.8, 4) is 0 Å². The molecule has 2 aromatic rings. The molecule has 1 fully saturated rings. The van der Waals surface area contributed by atoms with E-state index in [1.54, 1.807) is 24.3 Å². The van der Waals surface area contributed by atoms with Crippen molar-refractivity contribution < 1.29 is 27.9 Å². The van der Waals surface area contributed by atoms with Gasteiger partial charge in [0.1, 0.15) is 22.8 Å². The maximum Gasteiger partial charge on any atom is 0.310 e. The van der Waals surface area contributed by atoms with E-state index >= 15 is 0 Å². The molecule has 0 aliphatic heterocycles. The first-order valence-electron chi connectivity index (χ1n) is 10.4. The summed E-state index contributed by atoms with van der Waals surface area (Å²) in [5.41, 5.74) is -1.41. The van der Waals surface area contributed by atoms with E-state index in [2.05, 4.69) is 5.32 Å². The molecule has 2 atom stereocenters. The van der Waals surface area contributed by atoms with Crippen LogP contribution in [0.15, 0.2) is 42.5 Å². The molecule has 1 amide bonds. The van der Waals surface area contributed by atoms with E-state index in [-0.39, 0.29) is 17.8 Å². The van der Waals surface area contributed by atoms with Crippen LogP contribution in [0.3, 0.4) is 0 Å². The molecule has 1 N–H and O–H groups in total. The zero-order chi connectivity index (χ0) is 23.8. The number of Topliss-reactive ketones (excluding diaryl/α,β-unsaturated/α-hetero) is 1. The molecule has 1 aliphatic carbocycles. The van der Waals surface area contributed by atoms with E-state index in [9.17, 15) is 23.2 Å². The third-order valence-electron chi connectivity index (χ3n) is 5.28. The molecule has 3 rings (SSSR count). The summed E-state index contributed by atoms with van der Waals surface area (Å²) in [7, 11) is 0. The zero-order valence-electron chi connectivity index (χ0n) is 18.8. The van der Waals surface area contributed by atoms with Crippen LogP contribution in [0.2, 0.25) is 0 Å². The summed E-state index contributed by atoms with van der Waals surface area (Å²) < 4.78 is 33.2. The third-order valence-corrected chi connectivity index (χ3v) is 5.28. The molecule has 2 aromatic carbocycles. The maximum absolute atomic E-state index is 13.9. The fourth-order valence-corrected chi connectivity index (χ4v) is 3.56. The third kappa shape index (κ3) is 5.21. The lowest BCUT2D eigenvalue weighted by molar-refractivity contribution is -0.156. The van der Waals surface area contributed by atoms with Crippen molar-refractivity contribution >= 4 is 17.7 Å². The number of benzene rings is 2. The normalized spacial score (nSPS) is 18.1. The van der Waals surface area contributed by atoms with Gasteiger partial charge in [0.15, 0.2) is 5.78 Å². The lowest BCUT2D eigenvalue weighted by Gasteiger charge is -2.25. The van der Waals surface area contributed by atoms with Crippen LogP contribution in [0.25, 0.3) is 0 Å². The van der Waals surface area contributed by atoms with Crippen molar-refractivity contribution in [3.05, 3.63) is 70.8 Å². The number of esters is 1. The van der Waals surface area contributed by atoms with Gasteiger partial charge >= 0.3 is 5.97 Å². The van der Waals surface area contributed by atoms with Crippen molar-refractivity contribution in [2.45, 2.75) is 58.1 Å². The van der Waals surface area contributed by atoms with Gasteiger partial charge in [0.2, 0.25) is 0 Å². The molecule has 170 valence electrons. The van der Waals surface area contributed by atoms with E-state index in [0.29, 0.717) is 12.0 Å². The number of hydrogen-bond donors (Lipinski definition) is 1. The van der Waals surface area contributed by atoms with Crippen LogP contribution < -0.4 is 5.32 Å². The lowest BCUT2D eigenvalue weighted by atomic mass is 9.91. The van der Waals surface area contributed by atoms with Crippen molar-refractivity contribution in [3.63, 3.8) is 0 Å². The van der Waals surface area contributed by atoms with Crippen molar-refractivity contribution in [2.75, 3.05) is 0 Å². The predicted octanol–water partition coefficient (Wildman–Crippen LogP) is 4.80. The number of nitrogens with one attached hydrogen (secondary N) is 1. The van der Waals surface area contributed by atoms with Crippen molar-refractivity contribution in [2.24, 2.45) is 5.92 Å². The number of carbonyl (C=O) groups excluding carboxylic acids is 3. The van der Waals surface area contributed by atoms with Gasteiger partial charge in [0.05, 0.1) is 11.5 Å². The number of rotatable bonds is 6. The van der Waals surface area contributed by atoms with E-state index in [1.165, 1.54) is 13.8 Å². The SMILES string of the molecule is CC(C)(C)OC(=O)[C@@H]1C[C@H]1c1ccc(C(=O)C(C)(C)NC(=O)c2c(F)cccc2F)cc1. The Hall–Kier alpha value is -3.09. The summed E-state index contributed by atoms with van der Waals surface area (Å²) in [4.78, 5) is 37.6. The zero-order valence-corrected chi connectivity index (χ0v) is 18.8. The van der Waals surface area contributed by atoms with Gasteiger partial charge < -0.3 is 10.1 Å². The summed E-state index contributed by atoms with van der Waals surface area (Å²) in [5, 5.41) is 2.42. The van der Waals surface area contributed by atoms with Crippen molar-refractivity contribution in [1.29, 1.82) is 0 Å². The summed E-state index contributed by atoms with van der Waals surface area (Å²) >= 11 is 0. The molecule has 0 saturated heterocycles. The second-order valence-corrected chi connectivity index (χ2v) is 9.61. The van der Waals surface area contributed by atoms with Gasteiger partial charge in [-0.25, -0.2) is 8.78 Å². The molecule has 5 nitrogen and oxygen atoms in total. The van der Waals surface area contributed by atoms with Crippen LogP contribution in [-0.2, 0) is 9.53 Å². The van der Waals surface area contributed by atoms with E-state index in [1.807, 2.05) is 20.8 Å². The topological polar surface area (TPSA) is 72.5 Å². The molecule has 0 spiro atoms. The van der Waals surface area contributed by atoms with E-state index in [4.69, 9.17) is 4.74 Å². The van der Waals surface area contributed by atoms with Gasteiger partial charge in [-0.2, -0.15) is 0 Å². The fraction of sp³-hybridized carbons (Fsp3) is 0.400. The number of ether oxygens (including phenoxy) is 1. The Balaban J connectivity index is 1.67. The van der Waals surface area contributed by atoms with E-state index in [0.717, 1.165) is 23.8 Å². The highest BCUT2D eigenvalue weighted by Crippen LogP contribution is 2.48. The smallest absolute Gasteiger partial charge is 0.310 e. The van der Waals surface area contributed by atoms with E-state index < -0.39 is 40.0 Å². The Kier molecular flexibility index (Phi) is 6.22.